The molecule has 0 aromatic carbocycles. The minimum absolute atomic E-state index is 0.283. The number of pyridine rings is 1. The Morgan fingerprint density at radius 2 is 2.24 bits per heavy atom. The van der Waals surface area contributed by atoms with Crippen molar-refractivity contribution in [1.29, 1.82) is 0 Å². The first kappa shape index (κ1) is 11.9. The van der Waals surface area contributed by atoms with Gasteiger partial charge in [-0.3, -0.25) is 0 Å². The van der Waals surface area contributed by atoms with Gasteiger partial charge in [0.25, 0.3) is 0 Å². The second kappa shape index (κ2) is 5.17. The van der Waals surface area contributed by atoms with Gasteiger partial charge in [-0.1, -0.05) is 19.8 Å². The average Bonchev–Trinajstić information content (AvgIpc) is 2.32. The molecule has 0 spiro atoms. The lowest BCUT2D eigenvalue weighted by Crippen LogP contribution is -2.30. The van der Waals surface area contributed by atoms with E-state index in [-0.39, 0.29) is 5.56 Å². The zero-order valence-electron chi connectivity index (χ0n) is 10.0. The first-order valence-electron chi connectivity index (χ1n) is 6.12. The van der Waals surface area contributed by atoms with Crippen molar-refractivity contribution in [3.8, 4) is 0 Å². The van der Waals surface area contributed by atoms with Gasteiger partial charge in [-0.05, 0) is 30.9 Å². The Morgan fingerprint density at radius 1 is 1.47 bits per heavy atom. The standard InChI is InChI=1S/C13H18N2O2/c1-9-4-2-3-5-11(9)15-12-8-10(13(16)17)6-7-14-12/h6-9,11H,2-5H2,1H3,(H,14,15)(H,16,17)/t9-,11-/m0/s1. The van der Waals surface area contributed by atoms with E-state index in [2.05, 4.69) is 17.2 Å². The molecular formula is C13H18N2O2. The molecule has 2 atom stereocenters. The van der Waals surface area contributed by atoms with Crippen LogP contribution >= 0.6 is 0 Å². The van der Waals surface area contributed by atoms with E-state index in [1.54, 1.807) is 12.3 Å². The molecule has 17 heavy (non-hydrogen) atoms. The van der Waals surface area contributed by atoms with Gasteiger partial charge in [-0.15, -0.1) is 0 Å². The van der Waals surface area contributed by atoms with Gasteiger partial charge in [0, 0.05) is 12.2 Å². The van der Waals surface area contributed by atoms with Crippen LogP contribution in [0.5, 0.6) is 0 Å². The molecule has 92 valence electrons. The summed E-state index contributed by atoms with van der Waals surface area (Å²) in [7, 11) is 0. The number of anilines is 1. The Bertz CT molecular complexity index is 406. The van der Waals surface area contributed by atoms with Crippen LogP contribution in [0.3, 0.4) is 0 Å². The summed E-state index contributed by atoms with van der Waals surface area (Å²) >= 11 is 0. The highest BCUT2D eigenvalue weighted by molar-refractivity contribution is 5.88. The number of nitrogens with one attached hydrogen (secondary N) is 1. The number of rotatable bonds is 3. The van der Waals surface area contributed by atoms with E-state index in [1.165, 1.54) is 25.3 Å². The summed E-state index contributed by atoms with van der Waals surface area (Å²) in [6.45, 7) is 2.23. The van der Waals surface area contributed by atoms with Gasteiger partial charge in [0.05, 0.1) is 5.56 Å². The number of hydrogen-bond donors (Lipinski definition) is 2. The van der Waals surface area contributed by atoms with Crippen LogP contribution in [0.1, 0.15) is 43.0 Å². The van der Waals surface area contributed by atoms with Crippen LogP contribution in [-0.2, 0) is 0 Å². The van der Waals surface area contributed by atoms with Crippen molar-refractivity contribution in [3.63, 3.8) is 0 Å². The lowest BCUT2D eigenvalue weighted by molar-refractivity contribution is 0.0697. The number of aromatic carboxylic acids is 1. The largest absolute Gasteiger partial charge is 0.478 e. The highest BCUT2D eigenvalue weighted by Gasteiger charge is 2.21. The maximum atomic E-state index is 10.9. The predicted molar refractivity (Wildman–Crippen MR) is 66.2 cm³/mol. The molecule has 0 aliphatic heterocycles. The van der Waals surface area contributed by atoms with Gasteiger partial charge in [-0.2, -0.15) is 0 Å². The number of hydrogen-bond acceptors (Lipinski definition) is 3. The summed E-state index contributed by atoms with van der Waals surface area (Å²) in [5.41, 5.74) is 0.283. The van der Waals surface area contributed by atoms with E-state index in [1.807, 2.05) is 0 Å². The molecule has 0 radical (unpaired) electrons. The van der Waals surface area contributed by atoms with Crippen molar-refractivity contribution in [3.05, 3.63) is 23.9 Å². The molecule has 2 N–H and O–H groups in total. The van der Waals surface area contributed by atoms with Gasteiger partial charge in [-0.25, -0.2) is 9.78 Å². The Balaban J connectivity index is 2.07. The molecule has 0 amide bonds. The number of carboxylic acids is 1. The quantitative estimate of drug-likeness (QED) is 0.844. The molecule has 0 saturated heterocycles. The Morgan fingerprint density at radius 3 is 2.94 bits per heavy atom. The monoisotopic (exact) mass is 234 g/mol. The molecule has 0 unspecified atom stereocenters. The van der Waals surface area contributed by atoms with Crippen molar-refractivity contribution in [2.75, 3.05) is 5.32 Å². The summed E-state index contributed by atoms with van der Waals surface area (Å²) in [4.78, 5) is 15.0. The fourth-order valence-corrected chi connectivity index (χ4v) is 2.36. The van der Waals surface area contributed by atoms with E-state index >= 15 is 0 Å². The average molecular weight is 234 g/mol. The van der Waals surface area contributed by atoms with Crippen LogP contribution in [0.25, 0.3) is 0 Å². The summed E-state index contributed by atoms with van der Waals surface area (Å²) in [6, 6.07) is 3.53. The highest BCUT2D eigenvalue weighted by Crippen LogP contribution is 2.26. The van der Waals surface area contributed by atoms with Crippen LogP contribution in [-0.4, -0.2) is 22.1 Å². The maximum absolute atomic E-state index is 10.9. The SMILES string of the molecule is C[C@H]1CCCC[C@@H]1Nc1cc(C(=O)O)ccn1. The molecule has 1 aliphatic rings. The topological polar surface area (TPSA) is 62.2 Å². The third-order valence-corrected chi connectivity index (χ3v) is 3.45. The van der Waals surface area contributed by atoms with Crippen LogP contribution in [0.15, 0.2) is 18.3 Å². The fraction of sp³-hybridized carbons (Fsp3) is 0.538. The maximum Gasteiger partial charge on any atom is 0.335 e. The molecule has 0 bridgehead atoms. The first-order chi connectivity index (χ1) is 8.16. The Hall–Kier alpha value is -1.58. The third kappa shape index (κ3) is 2.96. The number of nitrogens with zero attached hydrogens (tertiary/aromatic N) is 1. The number of carbonyl (C=O) groups is 1. The molecular weight excluding hydrogens is 216 g/mol. The van der Waals surface area contributed by atoms with Gasteiger partial charge in [0.2, 0.25) is 0 Å². The van der Waals surface area contributed by atoms with E-state index in [0.717, 1.165) is 6.42 Å². The second-order valence-electron chi connectivity index (χ2n) is 4.75. The third-order valence-electron chi connectivity index (χ3n) is 3.45. The van der Waals surface area contributed by atoms with Gasteiger partial charge in [0.15, 0.2) is 0 Å². The zero-order valence-corrected chi connectivity index (χ0v) is 10.0. The van der Waals surface area contributed by atoms with Crippen molar-refractivity contribution in [1.82, 2.24) is 4.98 Å². The lowest BCUT2D eigenvalue weighted by Gasteiger charge is -2.29. The minimum atomic E-state index is -0.910. The van der Waals surface area contributed by atoms with Crippen molar-refractivity contribution < 1.29 is 9.90 Å². The molecule has 4 nitrogen and oxygen atoms in total. The molecule has 2 rings (SSSR count). The lowest BCUT2D eigenvalue weighted by atomic mass is 9.86. The van der Waals surface area contributed by atoms with Crippen molar-refractivity contribution in [2.45, 2.75) is 38.6 Å². The van der Waals surface area contributed by atoms with Crippen LogP contribution in [0.2, 0.25) is 0 Å². The van der Waals surface area contributed by atoms with E-state index < -0.39 is 5.97 Å². The predicted octanol–water partition coefficient (Wildman–Crippen LogP) is 2.77. The Kier molecular flexibility index (Phi) is 3.61. The summed E-state index contributed by atoms with van der Waals surface area (Å²) < 4.78 is 0. The van der Waals surface area contributed by atoms with Crippen molar-refractivity contribution >= 4 is 11.8 Å². The van der Waals surface area contributed by atoms with E-state index in [0.29, 0.717) is 17.8 Å². The molecule has 1 saturated carbocycles. The number of aromatic nitrogens is 1. The first-order valence-corrected chi connectivity index (χ1v) is 6.12. The zero-order chi connectivity index (χ0) is 12.3. The molecule has 1 aliphatic carbocycles. The molecule has 1 heterocycles. The van der Waals surface area contributed by atoms with Gasteiger partial charge >= 0.3 is 5.97 Å². The second-order valence-corrected chi connectivity index (χ2v) is 4.75. The highest BCUT2D eigenvalue weighted by atomic mass is 16.4. The van der Waals surface area contributed by atoms with E-state index in [9.17, 15) is 4.79 Å². The van der Waals surface area contributed by atoms with Gasteiger partial charge in [0.1, 0.15) is 5.82 Å². The summed E-state index contributed by atoms with van der Waals surface area (Å²) in [5.74, 6) is 0.384. The minimum Gasteiger partial charge on any atom is -0.478 e. The van der Waals surface area contributed by atoms with E-state index in [4.69, 9.17) is 5.11 Å². The molecule has 1 aromatic heterocycles. The summed E-state index contributed by atoms with van der Waals surface area (Å²) in [6.07, 6.45) is 6.44. The van der Waals surface area contributed by atoms with Gasteiger partial charge < -0.3 is 10.4 Å². The van der Waals surface area contributed by atoms with Crippen molar-refractivity contribution in [2.24, 2.45) is 5.92 Å². The normalized spacial score (nSPS) is 24.3. The Labute approximate surface area is 101 Å². The molecule has 1 aromatic rings. The van der Waals surface area contributed by atoms with Crippen LogP contribution in [0.4, 0.5) is 5.82 Å². The van der Waals surface area contributed by atoms with Crippen LogP contribution in [0, 0.1) is 5.92 Å². The molecule has 4 heteroatoms. The number of carboxylic acid groups (broad SMARTS) is 1. The fourth-order valence-electron chi connectivity index (χ4n) is 2.36. The summed E-state index contributed by atoms with van der Waals surface area (Å²) in [5, 5.41) is 12.3. The van der Waals surface area contributed by atoms with Crippen LogP contribution < -0.4 is 5.32 Å². The smallest absolute Gasteiger partial charge is 0.335 e. The molecule has 1 fully saturated rings.